The number of rotatable bonds is 4. The van der Waals surface area contributed by atoms with Gasteiger partial charge >= 0.3 is 6.03 Å². The highest BCUT2D eigenvalue weighted by Crippen LogP contribution is 2.27. The quantitative estimate of drug-likeness (QED) is 0.895. The molecule has 0 spiro atoms. The van der Waals surface area contributed by atoms with E-state index in [1.165, 1.54) is 0 Å². The third-order valence-electron chi connectivity index (χ3n) is 3.32. The molecule has 0 atom stereocenters. The number of nitrogens with zero attached hydrogens (tertiary/aromatic N) is 1. The van der Waals surface area contributed by atoms with E-state index in [-0.39, 0.29) is 6.03 Å². The molecule has 4 nitrogen and oxygen atoms in total. The lowest BCUT2D eigenvalue weighted by Gasteiger charge is -2.16. The molecule has 4 heteroatoms. The Morgan fingerprint density at radius 1 is 1.19 bits per heavy atom. The number of pyridine rings is 1. The second-order valence-corrected chi connectivity index (χ2v) is 5.32. The van der Waals surface area contributed by atoms with Crippen LogP contribution in [-0.4, -0.2) is 11.0 Å². The van der Waals surface area contributed by atoms with E-state index in [4.69, 9.17) is 0 Å². The van der Waals surface area contributed by atoms with Crippen LogP contribution in [0, 0.1) is 6.92 Å². The van der Waals surface area contributed by atoms with E-state index < -0.39 is 0 Å². The summed E-state index contributed by atoms with van der Waals surface area (Å²) >= 11 is 0. The summed E-state index contributed by atoms with van der Waals surface area (Å²) in [4.78, 5) is 16.2. The molecule has 1 aromatic heterocycles. The van der Waals surface area contributed by atoms with E-state index in [0.29, 0.717) is 12.5 Å². The Bertz CT molecular complexity index is 609. The average Bonchev–Trinajstić information content (AvgIpc) is 2.48. The number of anilines is 1. The first-order chi connectivity index (χ1) is 10.1. The molecule has 0 fully saturated rings. The summed E-state index contributed by atoms with van der Waals surface area (Å²) in [7, 11) is 0. The van der Waals surface area contributed by atoms with Crippen molar-refractivity contribution in [3.05, 3.63) is 59.4 Å². The Labute approximate surface area is 125 Å². The van der Waals surface area contributed by atoms with Gasteiger partial charge in [-0.15, -0.1) is 0 Å². The van der Waals surface area contributed by atoms with E-state index in [1.54, 1.807) is 6.20 Å². The number of aromatic nitrogens is 1. The molecule has 0 radical (unpaired) electrons. The molecule has 0 bridgehead atoms. The molecule has 1 aromatic carbocycles. The van der Waals surface area contributed by atoms with Gasteiger partial charge in [-0.1, -0.05) is 38.1 Å². The minimum atomic E-state index is -0.211. The predicted molar refractivity (Wildman–Crippen MR) is 85.4 cm³/mol. The Morgan fingerprint density at radius 2 is 2.00 bits per heavy atom. The molecule has 2 rings (SSSR count). The fourth-order valence-corrected chi connectivity index (χ4v) is 2.17. The van der Waals surface area contributed by atoms with Crippen LogP contribution in [0.25, 0.3) is 0 Å². The molecule has 0 aliphatic carbocycles. The van der Waals surface area contributed by atoms with Crippen LogP contribution in [0.1, 0.15) is 36.6 Å². The molecule has 0 aliphatic heterocycles. The lowest BCUT2D eigenvalue weighted by Crippen LogP contribution is -2.29. The number of amides is 2. The summed E-state index contributed by atoms with van der Waals surface area (Å²) in [5, 5.41) is 5.78. The second-order valence-electron chi connectivity index (χ2n) is 5.32. The standard InChI is InChI=1S/C17H21N3O/c1-12(2)15-9-6-7-13(3)16(15)20-17(21)19-11-14-8-4-5-10-18-14/h4-10,12H,11H2,1-3H3,(H2,19,20,21). The van der Waals surface area contributed by atoms with Gasteiger partial charge in [0.2, 0.25) is 0 Å². The summed E-state index contributed by atoms with van der Waals surface area (Å²) in [5.74, 6) is 0.357. The van der Waals surface area contributed by atoms with Crippen LogP contribution in [-0.2, 0) is 6.54 Å². The number of urea groups is 1. The van der Waals surface area contributed by atoms with Gasteiger partial charge in [0.15, 0.2) is 0 Å². The van der Waals surface area contributed by atoms with Crippen LogP contribution in [0.15, 0.2) is 42.6 Å². The molecule has 2 amide bonds. The number of hydrogen-bond donors (Lipinski definition) is 2. The zero-order valence-electron chi connectivity index (χ0n) is 12.7. The van der Waals surface area contributed by atoms with Crippen LogP contribution in [0.3, 0.4) is 0 Å². The van der Waals surface area contributed by atoms with Crippen molar-refractivity contribution in [1.29, 1.82) is 0 Å². The van der Waals surface area contributed by atoms with Gasteiger partial charge in [0.1, 0.15) is 0 Å². The monoisotopic (exact) mass is 283 g/mol. The van der Waals surface area contributed by atoms with Crippen molar-refractivity contribution >= 4 is 11.7 Å². The second kappa shape index (κ2) is 6.88. The van der Waals surface area contributed by atoms with Gasteiger partial charge in [-0.2, -0.15) is 0 Å². The molecule has 1 heterocycles. The van der Waals surface area contributed by atoms with Crippen molar-refractivity contribution in [3.8, 4) is 0 Å². The van der Waals surface area contributed by atoms with E-state index in [0.717, 1.165) is 22.5 Å². The van der Waals surface area contributed by atoms with Crippen LogP contribution in [0.4, 0.5) is 10.5 Å². The van der Waals surface area contributed by atoms with Crippen LogP contribution in [0.5, 0.6) is 0 Å². The topological polar surface area (TPSA) is 54.0 Å². The highest BCUT2D eigenvalue weighted by molar-refractivity contribution is 5.91. The normalized spacial score (nSPS) is 10.5. The molecule has 2 aromatic rings. The first-order valence-corrected chi connectivity index (χ1v) is 7.12. The molecule has 0 unspecified atom stereocenters. The zero-order valence-corrected chi connectivity index (χ0v) is 12.7. The van der Waals surface area contributed by atoms with Crippen LogP contribution >= 0.6 is 0 Å². The van der Waals surface area contributed by atoms with Gasteiger partial charge in [0, 0.05) is 11.9 Å². The summed E-state index contributed by atoms with van der Waals surface area (Å²) in [6.07, 6.45) is 1.72. The lowest BCUT2D eigenvalue weighted by atomic mass is 9.98. The maximum Gasteiger partial charge on any atom is 0.319 e. The first kappa shape index (κ1) is 15.0. The number of aryl methyl sites for hydroxylation is 1. The average molecular weight is 283 g/mol. The Balaban J connectivity index is 2.03. The third-order valence-corrected chi connectivity index (χ3v) is 3.32. The van der Waals surface area contributed by atoms with Crippen molar-refractivity contribution < 1.29 is 4.79 Å². The molecule has 21 heavy (non-hydrogen) atoms. The van der Waals surface area contributed by atoms with E-state index in [9.17, 15) is 4.79 Å². The third kappa shape index (κ3) is 4.05. The van der Waals surface area contributed by atoms with Crippen molar-refractivity contribution in [3.63, 3.8) is 0 Å². The largest absolute Gasteiger partial charge is 0.332 e. The Hall–Kier alpha value is -2.36. The van der Waals surface area contributed by atoms with Gasteiger partial charge in [0.05, 0.1) is 12.2 Å². The molecular formula is C17H21N3O. The summed E-state index contributed by atoms with van der Waals surface area (Å²) in [5.41, 5.74) is 3.93. The van der Waals surface area contributed by atoms with Gasteiger partial charge in [-0.25, -0.2) is 4.79 Å². The fraction of sp³-hybridized carbons (Fsp3) is 0.294. The number of hydrogen-bond acceptors (Lipinski definition) is 2. The summed E-state index contributed by atoms with van der Waals surface area (Å²) in [6, 6.07) is 11.5. The van der Waals surface area contributed by atoms with Gasteiger partial charge < -0.3 is 10.6 Å². The van der Waals surface area contributed by atoms with E-state index in [2.05, 4.69) is 29.5 Å². The van der Waals surface area contributed by atoms with Crippen LogP contribution in [0.2, 0.25) is 0 Å². The minimum Gasteiger partial charge on any atom is -0.332 e. The van der Waals surface area contributed by atoms with Crippen molar-refractivity contribution in [2.24, 2.45) is 0 Å². The lowest BCUT2D eigenvalue weighted by molar-refractivity contribution is 0.251. The maximum atomic E-state index is 12.1. The molecule has 0 saturated carbocycles. The van der Waals surface area contributed by atoms with Gasteiger partial charge in [-0.3, -0.25) is 4.98 Å². The smallest absolute Gasteiger partial charge is 0.319 e. The molecule has 0 aliphatic rings. The molecular weight excluding hydrogens is 262 g/mol. The van der Waals surface area contributed by atoms with E-state index >= 15 is 0 Å². The Kier molecular flexibility index (Phi) is 4.93. The van der Waals surface area contributed by atoms with Crippen molar-refractivity contribution in [2.75, 3.05) is 5.32 Å². The number of carbonyl (C=O) groups is 1. The SMILES string of the molecule is Cc1cccc(C(C)C)c1NC(=O)NCc1ccccn1. The zero-order chi connectivity index (χ0) is 15.2. The number of carbonyl (C=O) groups excluding carboxylic acids is 1. The van der Waals surface area contributed by atoms with Gasteiger partial charge in [0.25, 0.3) is 0 Å². The van der Waals surface area contributed by atoms with Crippen molar-refractivity contribution in [1.82, 2.24) is 10.3 Å². The molecule has 0 saturated heterocycles. The van der Waals surface area contributed by atoms with E-state index in [1.807, 2.05) is 43.3 Å². The maximum absolute atomic E-state index is 12.1. The minimum absolute atomic E-state index is 0.211. The fourth-order valence-electron chi connectivity index (χ4n) is 2.17. The molecule has 2 N–H and O–H groups in total. The number of nitrogens with one attached hydrogen (secondary N) is 2. The first-order valence-electron chi connectivity index (χ1n) is 7.12. The Morgan fingerprint density at radius 3 is 2.67 bits per heavy atom. The highest BCUT2D eigenvalue weighted by Gasteiger charge is 2.11. The predicted octanol–water partition coefficient (Wildman–Crippen LogP) is 3.84. The number of benzene rings is 1. The summed E-state index contributed by atoms with van der Waals surface area (Å²) < 4.78 is 0. The molecule has 110 valence electrons. The van der Waals surface area contributed by atoms with Crippen LogP contribution < -0.4 is 10.6 Å². The number of para-hydroxylation sites is 1. The van der Waals surface area contributed by atoms with Crippen molar-refractivity contribution in [2.45, 2.75) is 33.2 Å². The highest BCUT2D eigenvalue weighted by atomic mass is 16.2. The summed E-state index contributed by atoms with van der Waals surface area (Å²) in [6.45, 7) is 6.65. The van der Waals surface area contributed by atoms with Gasteiger partial charge in [-0.05, 0) is 36.1 Å².